The second-order valence-electron chi connectivity index (χ2n) is 8.55. The third kappa shape index (κ3) is 7.69. The minimum absolute atomic E-state index is 0.129. The van der Waals surface area contributed by atoms with Crippen molar-refractivity contribution in [1.29, 1.82) is 0 Å². The van der Waals surface area contributed by atoms with E-state index >= 15 is 0 Å². The normalized spacial score (nSPS) is 14.5. The summed E-state index contributed by atoms with van der Waals surface area (Å²) in [5, 5.41) is 0. The van der Waals surface area contributed by atoms with Crippen LogP contribution in [0.25, 0.3) is 0 Å². The Labute approximate surface area is 186 Å². The Bertz CT molecular complexity index is 782. The number of hydrogen-bond donors (Lipinski definition) is 0. The number of carbonyl (C=O) groups is 1. The minimum Gasteiger partial charge on any atom is -0.497 e. The summed E-state index contributed by atoms with van der Waals surface area (Å²) in [6.45, 7) is 2.71. The lowest BCUT2D eigenvalue weighted by atomic mass is 9.87. The van der Waals surface area contributed by atoms with Crippen LogP contribution >= 0.6 is 0 Å². The van der Waals surface area contributed by atoms with Gasteiger partial charge in [0.2, 0.25) is 5.91 Å². The van der Waals surface area contributed by atoms with Crippen molar-refractivity contribution in [3.8, 4) is 5.75 Å². The number of rotatable bonds is 12. The third-order valence-electron chi connectivity index (χ3n) is 6.25. The Morgan fingerprint density at radius 2 is 1.94 bits per heavy atom. The highest BCUT2D eigenvalue weighted by molar-refractivity contribution is 5.76. The first-order chi connectivity index (χ1) is 15.2. The lowest BCUT2D eigenvalue weighted by Crippen LogP contribution is -2.33. The van der Waals surface area contributed by atoms with Gasteiger partial charge in [-0.3, -0.25) is 4.79 Å². The number of aryl methyl sites for hydroxylation is 2. The maximum absolute atomic E-state index is 12.9. The molecule has 6 heteroatoms. The summed E-state index contributed by atoms with van der Waals surface area (Å²) < 4.78 is 12.6. The van der Waals surface area contributed by atoms with E-state index in [1.807, 2.05) is 35.5 Å². The van der Waals surface area contributed by atoms with Gasteiger partial charge in [0.25, 0.3) is 0 Å². The number of ether oxygens (including phenoxy) is 2. The van der Waals surface area contributed by atoms with Crippen LogP contribution in [-0.2, 0) is 29.0 Å². The fourth-order valence-corrected chi connectivity index (χ4v) is 4.30. The maximum atomic E-state index is 12.9. The molecule has 3 rings (SSSR count). The topological polar surface area (TPSA) is 56.6 Å². The first-order valence-corrected chi connectivity index (χ1v) is 11.6. The summed E-state index contributed by atoms with van der Waals surface area (Å²) in [6, 6.07) is 7.85. The van der Waals surface area contributed by atoms with Crippen LogP contribution in [0.3, 0.4) is 0 Å². The molecule has 1 saturated carbocycles. The van der Waals surface area contributed by atoms with E-state index < -0.39 is 0 Å². The van der Waals surface area contributed by atoms with Crippen molar-refractivity contribution in [2.75, 3.05) is 27.4 Å². The number of nitrogens with zero attached hydrogens (tertiary/aromatic N) is 3. The number of benzene rings is 1. The molecular formula is C25H37N3O3. The average molecular weight is 428 g/mol. The van der Waals surface area contributed by atoms with Gasteiger partial charge in [-0.15, -0.1) is 0 Å². The lowest BCUT2D eigenvalue weighted by molar-refractivity contribution is -0.132. The SMILES string of the molecule is COCCN(Cc1ccc(OC)cc1)C(=O)CCc1cn(CCC2CCCCC2)cn1. The van der Waals surface area contributed by atoms with E-state index in [9.17, 15) is 4.79 Å². The van der Waals surface area contributed by atoms with Crippen molar-refractivity contribution < 1.29 is 14.3 Å². The summed E-state index contributed by atoms with van der Waals surface area (Å²) in [7, 11) is 3.32. The summed E-state index contributed by atoms with van der Waals surface area (Å²) in [5.41, 5.74) is 2.07. The van der Waals surface area contributed by atoms with E-state index in [4.69, 9.17) is 9.47 Å². The highest BCUT2D eigenvalue weighted by Gasteiger charge is 2.16. The molecule has 1 aliphatic carbocycles. The molecule has 31 heavy (non-hydrogen) atoms. The van der Waals surface area contributed by atoms with Crippen molar-refractivity contribution in [2.45, 2.75) is 64.5 Å². The van der Waals surface area contributed by atoms with Gasteiger partial charge in [-0.1, -0.05) is 44.2 Å². The second-order valence-corrected chi connectivity index (χ2v) is 8.55. The van der Waals surface area contributed by atoms with Crippen molar-refractivity contribution in [3.63, 3.8) is 0 Å². The molecule has 1 amide bonds. The second kappa shape index (κ2) is 12.5. The maximum Gasteiger partial charge on any atom is 0.223 e. The number of imidazole rings is 1. The molecule has 1 heterocycles. The van der Waals surface area contributed by atoms with Gasteiger partial charge in [0, 0.05) is 39.4 Å². The van der Waals surface area contributed by atoms with Crippen LogP contribution in [0.2, 0.25) is 0 Å². The molecule has 0 atom stereocenters. The molecule has 0 bridgehead atoms. The minimum atomic E-state index is 0.129. The van der Waals surface area contributed by atoms with E-state index in [-0.39, 0.29) is 5.91 Å². The molecule has 0 saturated heterocycles. The Morgan fingerprint density at radius 3 is 2.65 bits per heavy atom. The summed E-state index contributed by atoms with van der Waals surface area (Å²) in [6.07, 6.45) is 13.3. The van der Waals surface area contributed by atoms with Crippen LogP contribution in [0.5, 0.6) is 5.75 Å². The summed E-state index contributed by atoms with van der Waals surface area (Å²) >= 11 is 0. The monoisotopic (exact) mass is 427 g/mol. The van der Waals surface area contributed by atoms with Crippen LogP contribution in [0, 0.1) is 5.92 Å². The van der Waals surface area contributed by atoms with E-state index in [2.05, 4.69) is 15.7 Å². The predicted octanol–water partition coefficient (Wildman–Crippen LogP) is 4.47. The summed E-state index contributed by atoms with van der Waals surface area (Å²) in [4.78, 5) is 19.3. The Morgan fingerprint density at radius 1 is 1.16 bits per heavy atom. The average Bonchev–Trinajstić information content (AvgIpc) is 3.28. The molecular weight excluding hydrogens is 390 g/mol. The van der Waals surface area contributed by atoms with Crippen LogP contribution < -0.4 is 4.74 Å². The molecule has 0 spiro atoms. The van der Waals surface area contributed by atoms with Gasteiger partial charge in [-0.2, -0.15) is 0 Å². The third-order valence-corrected chi connectivity index (χ3v) is 6.25. The molecule has 1 aromatic carbocycles. The smallest absolute Gasteiger partial charge is 0.223 e. The molecule has 2 aromatic rings. The molecule has 170 valence electrons. The first kappa shape index (κ1) is 23.3. The predicted molar refractivity (Wildman–Crippen MR) is 122 cm³/mol. The summed E-state index contributed by atoms with van der Waals surface area (Å²) in [5.74, 6) is 1.82. The lowest BCUT2D eigenvalue weighted by Gasteiger charge is -2.22. The van der Waals surface area contributed by atoms with Gasteiger partial charge in [-0.25, -0.2) is 4.98 Å². The Hall–Kier alpha value is -2.34. The fraction of sp³-hybridized carbons (Fsp3) is 0.600. The highest BCUT2D eigenvalue weighted by atomic mass is 16.5. The van der Waals surface area contributed by atoms with Gasteiger partial charge in [0.1, 0.15) is 5.75 Å². The van der Waals surface area contributed by atoms with Crippen LogP contribution in [0.1, 0.15) is 56.2 Å². The number of aromatic nitrogens is 2. The quantitative estimate of drug-likeness (QED) is 0.501. The molecule has 0 N–H and O–H groups in total. The molecule has 0 aliphatic heterocycles. The van der Waals surface area contributed by atoms with Gasteiger partial charge in [0.05, 0.1) is 25.7 Å². The van der Waals surface area contributed by atoms with Gasteiger partial charge >= 0.3 is 0 Å². The number of carbonyl (C=O) groups excluding carboxylic acids is 1. The highest BCUT2D eigenvalue weighted by Crippen LogP contribution is 2.26. The Kier molecular flexibility index (Phi) is 9.40. The van der Waals surface area contributed by atoms with Crippen molar-refractivity contribution in [2.24, 2.45) is 5.92 Å². The van der Waals surface area contributed by atoms with Crippen LogP contribution in [0.4, 0.5) is 0 Å². The van der Waals surface area contributed by atoms with E-state index in [1.165, 1.54) is 38.5 Å². The molecule has 1 aromatic heterocycles. The number of amides is 1. The van der Waals surface area contributed by atoms with Crippen molar-refractivity contribution in [3.05, 3.63) is 48.0 Å². The standard InChI is InChI=1S/C25H37N3O3/c1-30-17-16-28(18-22-8-11-24(31-2)12-9-22)25(29)13-10-23-19-27(20-26-23)15-14-21-6-4-3-5-7-21/h8-9,11-12,19-21H,3-7,10,13-18H2,1-2H3. The molecule has 1 fully saturated rings. The van der Waals surface area contributed by atoms with Gasteiger partial charge < -0.3 is 18.9 Å². The first-order valence-electron chi connectivity index (χ1n) is 11.6. The zero-order valence-corrected chi connectivity index (χ0v) is 19.1. The Balaban J connectivity index is 1.48. The molecule has 0 unspecified atom stereocenters. The largest absolute Gasteiger partial charge is 0.497 e. The zero-order valence-electron chi connectivity index (χ0n) is 19.1. The zero-order chi connectivity index (χ0) is 21.9. The van der Waals surface area contributed by atoms with Gasteiger partial charge in [0.15, 0.2) is 0 Å². The molecule has 1 aliphatic rings. The van der Waals surface area contributed by atoms with Crippen LogP contribution in [0.15, 0.2) is 36.8 Å². The van der Waals surface area contributed by atoms with Gasteiger partial charge in [-0.05, 0) is 36.5 Å². The van der Waals surface area contributed by atoms with Crippen LogP contribution in [-0.4, -0.2) is 47.7 Å². The van der Waals surface area contributed by atoms with Crippen molar-refractivity contribution in [1.82, 2.24) is 14.5 Å². The number of methoxy groups -OCH3 is 2. The van der Waals surface area contributed by atoms with E-state index in [0.717, 1.165) is 29.5 Å². The fourth-order valence-electron chi connectivity index (χ4n) is 4.30. The van der Waals surface area contributed by atoms with E-state index in [1.54, 1.807) is 14.2 Å². The molecule has 0 radical (unpaired) electrons. The molecule has 6 nitrogen and oxygen atoms in total. The number of hydrogen-bond acceptors (Lipinski definition) is 4. The van der Waals surface area contributed by atoms with Crippen molar-refractivity contribution >= 4 is 5.91 Å². The van der Waals surface area contributed by atoms with E-state index in [0.29, 0.717) is 32.5 Å².